The fourth-order valence-electron chi connectivity index (χ4n) is 2.53. The van der Waals surface area contributed by atoms with Crippen LogP contribution in [-0.2, 0) is 15.5 Å². The van der Waals surface area contributed by atoms with E-state index in [9.17, 15) is 14.1 Å². The van der Waals surface area contributed by atoms with Gasteiger partial charge in [0.15, 0.2) is 0 Å². The number of aryl methyl sites for hydroxylation is 1. The lowest BCUT2D eigenvalue weighted by atomic mass is 9.82. The molecule has 0 unspecified atom stereocenters. The minimum absolute atomic E-state index is 0.406. The van der Waals surface area contributed by atoms with Crippen molar-refractivity contribution < 1.29 is 18.8 Å². The Morgan fingerprint density at radius 3 is 2.15 bits per heavy atom. The molecule has 0 aliphatic heterocycles. The first-order valence-corrected chi connectivity index (χ1v) is 9.37. The van der Waals surface area contributed by atoms with Gasteiger partial charge in [0, 0.05) is 15.2 Å². The van der Waals surface area contributed by atoms with Crippen molar-refractivity contribution in [2.45, 2.75) is 31.8 Å². The monoisotopic (exact) mass is 372 g/mol. The van der Waals surface area contributed by atoms with Crippen LogP contribution < -0.4 is 0 Å². The SMILES string of the molecule is C=C([S@@](=O)c1ccc(C)cc1)C(C)(C)[C@H](O)c1ccc(C(=O)OC)cc1. The molecule has 5 heteroatoms. The smallest absolute Gasteiger partial charge is 0.337 e. The van der Waals surface area contributed by atoms with Crippen molar-refractivity contribution in [2.24, 2.45) is 5.41 Å². The molecule has 1 N–H and O–H groups in total. The van der Waals surface area contributed by atoms with Gasteiger partial charge in [-0.3, -0.25) is 0 Å². The van der Waals surface area contributed by atoms with Crippen LogP contribution in [0.25, 0.3) is 0 Å². The van der Waals surface area contributed by atoms with Gasteiger partial charge < -0.3 is 9.84 Å². The number of hydrogen-bond donors (Lipinski definition) is 1. The highest BCUT2D eigenvalue weighted by Crippen LogP contribution is 2.41. The third-order valence-electron chi connectivity index (χ3n) is 4.51. The zero-order valence-corrected chi connectivity index (χ0v) is 16.3. The van der Waals surface area contributed by atoms with Crippen LogP contribution >= 0.6 is 0 Å². The number of rotatable bonds is 6. The van der Waals surface area contributed by atoms with E-state index in [-0.39, 0.29) is 0 Å². The van der Waals surface area contributed by atoms with Gasteiger partial charge in [0.2, 0.25) is 0 Å². The Labute approximate surface area is 157 Å². The summed E-state index contributed by atoms with van der Waals surface area (Å²) in [6.45, 7) is 9.57. The first kappa shape index (κ1) is 20.1. The number of benzene rings is 2. The Morgan fingerprint density at radius 2 is 1.65 bits per heavy atom. The van der Waals surface area contributed by atoms with Crippen LogP contribution in [0.3, 0.4) is 0 Å². The van der Waals surface area contributed by atoms with Crippen LogP contribution in [0.2, 0.25) is 0 Å². The van der Waals surface area contributed by atoms with Gasteiger partial charge in [-0.2, -0.15) is 0 Å². The summed E-state index contributed by atoms with van der Waals surface area (Å²) in [5.41, 5.74) is 1.28. The molecular formula is C21H24O4S. The molecule has 2 rings (SSSR count). The van der Waals surface area contributed by atoms with E-state index in [0.717, 1.165) is 5.56 Å². The van der Waals surface area contributed by atoms with Crippen LogP contribution in [0.4, 0.5) is 0 Å². The molecule has 0 amide bonds. The minimum atomic E-state index is -1.44. The highest BCUT2D eigenvalue weighted by Gasteiger charge is 2.35. The van der Waals surface area contributed by atoms with Crippen LogP contribution in [0, 0.1) is 12.3 Å². The summed E-state index contributed by atoms with van der Waals surface area (Å²) in [5.74, 6) is -0.435. The molecule has 2 atom stereocenters. The zero-order valence-electron chi connectivity index (χ0n) is 15.5. The molecule has 138 valence electrons. The van der Waals surface area contributed by atoms with E-state index in [0.29, 0.717) is 20.9 Å². The van der Waals surface area contributed by atoms with Gasteiger partial charge in [0.25, 0.3) is 0 Å². The number of carbonyl (C=O) groups is 1. The van der Waals surface area contributed by atoms with Gasteiger partial charge in [-0.1, -0.05) is 50.3 Å². The van der Waals surface area contributed by atoms with E-state index in [1.165, 1.54) is 7.11 Å². The average Bonchev–Trinajstić information content (AvgIpc) is 2.66. The summed E-state index contributed by atoms with van der Waals surface area (Å²) in [5, 5.41) is 10.8. The largest absolute Gasteiger partial charge is 0.465 e. The van der Waals surface area contributed by atoms with Crippen molar-refractivity contribution in [3.8, 4) is 0 Å². The molecule has 0 radical (unpaired) electrons. The Hall–Kier alpha value is -2.24. The van der Waals surface area contributed by atoms with E-state index in [4.69, 9.17) is 0 Å². The molecule has 0 bridgehead atoms. The van der Waals surface area contributed by atoms with Crippen molar-refractivity contribution >= 4 is 16.8 Å². The highest BCUT2D eigenvalue weighted by atomic mass is 32.2. The van der Waals surface area contributed by atoms with E-state index in [2.05, 4.69) is 11.3 Å². The molecule has 0 saturated heterocycles. The maximum atomic E-state index is 12.9. The van der Waals surface area contributed by atoms with Crippen LogP contribution in [0.5, 0.6) is 0 Å². The van der Waals surface area contributed by atoms with Crippen molar-refractivity contribution in [3.05, 3.63) is 76.7 Å². The third-order valence-corrected chi connectivity index (χ3v) is 6.18. The summed E-state index contributed by atoms with van der Waals surface area (Å²) in [6, 6.07) is 13.9. The lowest BCUT2D eigenvalue weighted by Crippen LogP contribution is -2.26. The fraction of sp³-hybridized carbons (Fsp3) is 0.286. The van der Waals surface area contributed by atoms with Gasteiger partial charge in [0.1, 0.15) is 0 Å². The summed E-state index contributed by atoms with van der Waals surface area (Å²) in [6.07, 6.45) is -0.920. The third kappa shape index (κ3) is 4.11. The quantitative estimate of drug-likeness (QED) is 0.773. The number of aliphatic hydroxyl groups is 1. The van der Waals surface area contributed by atoms with Crippen molar-refractivity contribution in [2.75, 3.05) is 7.11 Å². The zero-order chi connectivity index (χ0) is 19.5. The second-order valence-electron chi connectivity index (χ2n) is 6.74. The van der Waals surface area contributed by atoms with Crippen LogP contribution in [0.1, 0.15) is 41.4 Å². The molecule has 0 aliphatic rings. The van der Waals surface area contributed by atoms with E-state index >= 15 is 0 Å². The molecule has 0 aromatic heterocycles. The summed E-state index contributed by atoms with van der Waals surface area (Å²) < 4.78 is 17.5. The van der Waals surface area contributed by atoms with Crippen molar-refractivity contribution in [3.63, 3.8) is 0 Å². The first-order valence-electron chi connectivity index (χ1n) is 8.22. The Bertz CT molecular complexity index is 820. The van der Waals surface area contributed by atoms with E-state index in [1.54, 1.807) is 38.1 Å². The predicted molar refractivity (Wildman–Crippen MR) is 103 cm³/mol. The molecule has 0 aliphatic carbocycles. The lowest BCUT2D eigenvalue weighted by molar-refractivity contribution is 0.0599. The van der Waals surface area contributed by atoms with Crippen LogP contribution in [0.15, 0.2) is 64.9 Å². The first-order chi connectivity index (χ1) is 12.2. The second-order valence-corrected chi connectivity index (χ2v) is 8.24. The molecule has 2 aromatic rings. The summed E-state index contributed by atoms with van der Waals surface area (Å²) in [4.78, 5) is 12.6. The van der Waals surface area contributed by atoms with Gasteiger partial charge in [-0.25, -0.2) is 9.00 Å². The number of ether oxygens (including phenoxy) is 1. The predicted octanol–water partition coefficient (Wildman–Crippen LogP) is 4.16. The van der Waals surface area contributed by atoms with E-state index < -0.39 is 28.3 Å². The lowest BCUT2D eigenvalue weighted by Gasteiger charge is -2.32. The second kappa shape index (κ2) is 7.98. The van der Waals surface area contributed by atoms with Crippen molar-refractivity contribution in [1.82, 2.24) is 0 Å². The molecule has 26 heavy (non-hydrogen) atoms. The maximum absolute atomic E-state index is 12.9. The highest BCUT2D eigenvalue weighted by molar-refractivity contribution is 7.89. The number of methoxy groups -OCH3 is 1. The average molecular weight is 372 g/mol. The molecule has 0 fully saturated rings. The van der Waals surface area contributed by atoms with Gasteiger partial charge in [-0.15, -0.1) is 0 Å². The van der Waals surface area contributed by atoms with Crippen molar-refractivity contribution in [1.29, 1.82) is 0 Å². The fourth-order valence-corrected chi connectivity index (χ4v) is 3.79. The normalized spacial score (nSPS) is 13.7. The summed E-state index contributed by atoms with van der Waals surface area (Å²) >= 11 is 0. The standard InChI is InChI=1S/C21H24O4S/c1-14-6-12-18(13-7-14)26(24)15(2)21(3,4)19(22)16-8-10-17(11-9-16)20(23)25-5/h6-13,19,22H,2H2,1,3-5H3/t19-,26-/m1/s1. The van der Waals surface area contributed by atoms with Crippen LogP contribution in [-0.4, -0.2) is 22.4 Å². The number of aliphatic hydroxyl groups excluding tert-OH is 1. The number of esters is 1. The van der Waals surface area contributed by atoms with Gasteiger partial charge in [-0.05, 0) is 36.8 Å². The van der Waals surface area contributed by atoms with Gasteiger partial charge >= 0.3 is 5.97 Å². The number of carbonyl (C=O) groups excluding carboxylic acids is 1. The van der Waals surface area contributed by atoms with E-state index in [1.807, 2.05) is 31.2 Å². The molecule has 2 aromatic carbocycles. The summed E-state index contributed by atoms with van der Waals surface area (Å²) in [7, 11) is -0.124. The Kier molecular flexibility index (Phi) is 6.16. The Balaban J connectivity index is 2.24. The molecule has 0 heterocycles. The molecule has 4 nitrogen and oxygen atoms in total. The minimum Gasteiger partial charge on any atom is -0.465 e. The molecule has 0 spiro atoms. The number of hydrogen-bond acceptors (Lipinski definition) is 4. The van der Waals surface area contributed by atoms with Gasteiger partial charge in [0.05, 0.1) is 29.6 Å². The maximum Gasteiger partial charge on any atom is 0.337 e. The molecular weight excluding hydrogens is 348 g/mol. The molecule has 0 saturated carbocycles. The topological polar surface area (TPSA) is 63.6 Å². The Morgan fingerprint density at radius 1 is 1.12 bits per heavy atom.